The highest BCUT2D eigenvalue weighted by molar-refractivity contribution is 14.0. The normalized spacial score (nSPS) is 34.5. The number of nitrogens with one attached hydrogen (secondary N) is 2. The van der Waals surface area contributed by atoms with Gasteiger partial charge in [0, 0.05) is 37.1 Å². The van der Waals surface area contributed by atoms with Crippen molar-refractivity contribution in [2.75, 3.05) is 13.7 Å². The molecule has 4 unspecified atom stereocenters. The van der Waals surface area contributed by atoms with Gasteiger partial charge in [0.2, 0.25) is 0 Å². The smallest absolute Gasteiger partial charge is 0.191 e. The lowest BCUT2D eigenvalue weighted by atomic mass is 9.46. The lowest BCUT2D eigenvalue weighted by Crippen LogP contribution is -2.72. The summed E-state index contributed by atoms with van der Waals surface area (Å²) in [4.78, 5) is 4.42. The molecule has 3 fully saturated rings. The number of nitrogens with zero attached hydrogens (tertiary/aromatic N) is 1. The van der Waals surface area contributed by atoms with Crippen LogP contribution in [0.5, 0.6) is 0 Å². The molecule has 122 valence electrons. The van der Waals surface area contributed by atoms with E-state index >= 15 is 0 Å². The molecule has 5 heteroatoms. The summed E-state index contributed by atoms with van der Waals surface area (Å²) in [6, 6.07) is 1.00. The first-order valence-corrected chi connectivity index (χ1v) is 8.20. The molecule has 4 atom stereocenters. The van der Waals surface area contributed by atoms with Gasteiger partial charge in [0.05, 0.1) is 6.10 Å². The summed E-state index contributed by atoms with van der Waals surface area (Å²) >= 11 is 0. The summed E-state index contributed by atoms with van der Waals surface area (Å²) < 4.78 is 5.97. The third-order valence-corrected chi connectivity index (χ3v) is 5.92. The van der Waals surface area contributed by atoms with Gasteiger partial charge in [-0.05, 0) is 32.1 Å². The maximum Gasteiger partial charge on any atom is 0.191 e. The molecule has 1 saturated heterocycles. The zero-order valence-electron chi connectivity index (χ0n) is 13.7. The first-order valence-electron chi connectivity index (χ1n) is 8.20. The molecule has 0 aromatic carbocycles. The van der Waals surface area contributed by atoms with Crippen molar-refractivity contribution in [3.63, 3.8) is 0 Å². The van der Waals surface area contributed by atoms with Crippen molar-refractivity contribution in [3.05, 3.63) is 0 Å². The topological polar surface area (TPSA) is 45.7 Å². The SMILES string of the molecule is CN=C(NC(C)C(C)C)NC1C2CCOC2C12CCC2.I. The van der Waals surface area contributed by atoms with Crippen LogP contribution in [0.3, 0.4) is 0 Å². The largest absolute Gasteiger partial charge is 0.377 e. The van der Waals surface area contributed by atoms with Gasteiger partial charge in [0.15, 0.2) is 5.96 Å². The summed E-state index contributed by atoms with van der Waals surface area (Å²) in [5.41, 5.74) is 0.417. The average molecular weight is 407 g/mol. The molecule has 2 aliphatic carbocycles. The van der Waals surface area contributed by atoms with E-state index in [1.165, 1.54) is 25.7 Å². The number of guanidine groups is 1. The van der Waals surface area contributed by atoms with Crippen molar-refractivity contribution in [2.45, 2.75) is 64.6 Å². The molecule has 21 heavy (non-hydrogen) atoms. The third kappa shape index (κ3) is 2.80. The molecule has 3 aliphatic rings. The number of halogens is 1. The van der Waals surface area contributed by atoms with Crippen LogP contribution in [-0.2, 0) is 4.74 Å². The van der Waals surface area contributed by atoms with Gasteiger partial charge in [-0.3, -0.25) is 4.99 Å². The molecule has 3 rings (SSSR count). The number of ether oxygens (including phenoxy) is 1. The molecular weight excluding hydrogens is 377 g/mol. The van der Waals surface area contributed by atoms with E-state index in [0.29, 0.717) is 35.4 Å². The van der Waals surface area contributed by atoms with E-state index in [-0.39, 0.29) is 24.0 Å². The summed E-state index contributed by atoms with van der Waals surface area (Å²) in [5.74, 6) is 2.27. The summed E-state index contributed by atoms with van der Waals surface area (Å²) in [7, 11) is 1.87. The van der Waals surface area contributed by atoms with Crippen molar-refractivity contribution in [1.29, 1.82) is 0 Å². The van der Waals surface area contributed by atoms with E-state index in [4.69, 9.17) is 4.74 Å². The maximum absolute atomic E-state index is 5.97. The minimum absolute atomic E-state index is 0. The van der Waals surface area contributed by atoms with Crippen LogP contribution in [-0.4, -0.2) is 37.8 Å². The van der Waals surface area contributed by atoms with E-state index in [0.717, 1.165) is 12.6 Å². The second-order valence-electron chi connectivity index (χ2n) is 7.20. The third-order valence-electron chi connectivity index (χ3n) is 5.92. The van der Waals surface area contributed by atoms with Crippen LogP contribution in [0.15, 0.2) is 4.99 Å². The summed E-state index contributed by atoms with van der Waals surface area (Å²) in [6.07, 6.45) is 5.74. The minimum Gasteiger partial charge on any atom is -0.377 e. The Morgan fingerprint density at radius 2 is 2.00 bits per heavy atom. The van der Waals surface area contributed by atoms with Crippen molar-refractivity contribution < 1.29 is 4.74 Å². The van der Waals surface area contributed by atoms with E-state index in [9.17, 15) is 0 Å². The predicted octanol–water partition coefficient (Wildman–Crippen LogP) is 2.77. The second kappa shape index (κ2) is 6.60. The number of hydrogen-bond donors (Lipinski definition) is 2. The lowest BCUT2D eigenvalue weighted by Gasteiger charge is -2.63. The van der Waals surface area contributed by atoms with Gasteiger partial charge in [-0.15, -0.1) is 24.0 Å². The molecule has 0 aromatic heterocycles. The Balaban J connectivity index is 0.00000161. The number of rotatable bonds is 3. The Bertz CT molecular complexity index is 395. The summed E-state index contributed by atoms with van der Waals surface area (Å²) in [6.45, 7) is 7.65. The fourth-order valence-corrected chi connectivity index (χ4v) is 4.16. The molecule has 0 aromatic rings. The molecule has 4 nitrogen and oxygen atoms in total. The molecule has 0 bridgehead atoms. The van der Waals surface area contributed by atoms with Crippen molar-refractivity contribution >= 4 is 29.9 Å². The molecule has 1 heterocycles. The zero-order valence-corrected chi connectivity index (χ0v) is 16.0. The van der Waals surface area contributed by atoms with Crippen LogP contribution < -0.4 is 10.6 Å². The van der Waals surface area contributed by atoms with Gasteiger partial charge in [-0.1, -0.05) is 20.3 Å². The molecule has 2 N–H and O–H groups in total. The molecule has 1 aliphatic heterocycles. The Kier molecular flexibility index (Phi) is 5.45. The van der Waals surface area contributed by atoms with Crippen molar-refractivity contribution in [3.8, 4) is 0 Å². The van der Waals surface area contributed by atoms with Crippen LogP contribution in [0.25, 0.3) is 0 Å². The molecule has 0 radical (unpaired) electrons. The maximum atomic E-state index is 5.97. The number of fused-ring (bicyclic) bond motifs is 2. The van der Waals surface area contributed by atoms with Crippen LogP contribution >= 0.6 is 24.0 Å². The second-order valence-corrected chi connectivity index (χ2v) is 7.20. The monoisotopic (exact) mass is 407 g/mol. The van der Waals surface area contributed by atoms with Gasteiger partial charge in [0.25, 0.3) is 0 Å². The van der Waals surface area contributed by atoms with E-state index in [1.54, 1.807) is 0 Å². The number of aliphatic imine (C=N–C) groups is 1. The Morgan fingerprint density at radius 1 is 1.29 bits per heavy atom. The van der Waals surface area contributed by atoms with Crippen LogP contribution in [0, 0.1) is 17.3 Å². The van der Waals surface area contributed by atoms with Gasteiger partial charge >= 0.3 is 0 Å². The Morgan fingerprint density at radius 3 is 2.52 bits per heavy atom. The zero-order chi connectivity index (χ0) is 14.3. The van der Waals surface area contributed by atoms with E-state index in [2.05, 4.69) is 36.4 Å². The van der Waals surface area contributed by atoms with Crippen molar-refractivity contribution in [1.82, 2.24) is 10.6 Å². The first kappa shape index (κ1) is 17.3. The highest BCUT2D eigenvalue weighted by Gasteiger charge is 2.66. The minimum atomic E-state index is 0. The molecule has 0 amide bonds. The van der Waals surface area contributed by atoms with Crippen molar-refractivity contribution in [2.24, 2.45) is 22.2 Å². The van der Waals surface area contributed by atoms with Crippen LogP contribution in [0.1, 0.15) is 46.5 Å². The van der Waals surface area contributed by atoms with Gasteiger partial charge < -0.3 is 15.4 Å². The van der Waals surface area contributed by atoms with Gasteiger partial charge in [0.1, 0.15) is 0 Å². The Hall–Kier alpha value is -0.0400. The highest BCUT2D eigenvalue weighted by atomic mass is 127. The summed E-state index contributed by atoms with van der Waals surface area (Å²) in [5, 5.41) is 7.24. The number of hydrogen-bond acceptors (Lipinski definition) is 2. The fraction of sp³-hybridized carbons (Fsp3) is 0.938. The van der Waals surface area contributed by atoms with Gasteiger partial charge in [-0.2, -0.15) is 0 Å². The fourth-order valence-electron chi connectivity index (χ4n) is 4.16. The molecular formula is C16H30IN3O. The Labute approximate surface area is 145 Å². The first-order chi connectivity index (χ1) is 9.58. The predicted molar refractivity (Wildman–Crippen MR) is 97.3 cm³/mol. The molecule has 2 saturated carbocycles. The molecule has 1 spiro atoms. The standard InChI is InChI=1S/C16H29N3O.HI/c1-10(2)11(3)18-15(17-4)19-13-12-6-9-20-14(12)16(13)7-5-8-16;/h10-14H,5-9H2,1-4H3,(H2,17,18,19);1H. The quantitative estimate of drug-likeness (QED) is 0.430. The van der Waals surface area contributed by atoms with E-state index in [1.807, 2.05) is 7.05 Å². The van der Waals surface area contributed by atoms with E-state index < -0.39 is 0 Å². The highest BCUT2D eigenvalue weighted by Crippen LogP contribution is 2.62. The van der Waals surface area contributed by atoms with Gasteiger partial charge in [-0.25, -0.2) is 0 Å². The average Bonchev–Trinajstić information content (AvgIpc) is 2.77. The lowest BCUT2D eigenvalue weighted by molar-refractivity contribution is -0.171. The van der Waals surface area contributed by atoms with Crippen LogP contribution in [0.4, 0.5) is 0 Å². The van der Waals surface area contributed by atoms with Crippen LogP contribution in [0.2, 0.25) is 0 Å².